The fraction of sp³-hybridized carbons (Fsp3) is 0.182. The van der Waals surface area contributed by atoms with Crippen molar-refractivity contribution in [2.75, 3.05) is 0 Å². The first-order chi connectivity index (χ1) is 11.3. The molecular formula is C22H17Br. The second-order valence-electron chi connectivity index (χ2n) is 6.60. The lowest BCUT2D eigenvalue weighted by molar-refractivity contribution is 0.690. The van der Waals surface area contributed by atoms with E-state index in [1.807, 2.05) is 0 Å². The summed E-state index contributed by atoms with van der Waals surface area (Å²) in [5.74, 6) is 0. The molecule has 1 aliphatic rings. The Bertz CT molecular complexity index is 1080. The molecule has 4 aromatic rings. The SMILES string of the molecule is Brc1ccc2c(ccc3c4ccc5c(c4ccc23)CCCC5)c1. The van der Waals surface area contributed by atoms with Gasteiger partial charge < -0.3 is 0 Å². The van der Waals surface area contributed by atoms with E-state index in [9.17, 15) is 0 Å². The van der Waals surface area contributed by atoms with Gasteiger partial charge in [-0.05, 0) is 81.3 Å². The van der Waals surface area contributed by atoms with E-state index in [1.54, 1.807) is 11.1 Å². The van der Waals surface area contributed by atoms with Gasteiger partial charge in [0.25, 0.3) is 0 Å². The van der Waals surface area contributed by atoms with Crippen LogP contribution in [-0.4, -0.2) is 0 Å². The third-order valence-electron chi connectivity index (χ3n) is 5.31. The van der Waals surface area contributed by atoms with Gasteiger partial charge in [-0.15, -0.1) is 0 Å². The Labute approximate surface area is 144 Å². The van der Waals surface area contributed by atoms with Gasteiger partial charge in [-0.25, -0.2) is 0 Å². The van der Waals surface area contributed by atoms with E-state index in [0.717, 1.165) is 4.47 Å². The fourth-order valence-electron chi connectivity index (χ4n) is 4.19. The number of aryl methyl sites for hydroxylation is 2. The third-order valence-corrected chi connectivity index (χ3v) is 5.80. The minimum absolute atomic E-state index is 1.14. The predicted molar refractivity (Wildman–Crippen MR) is 103 cm³/mol. The molecule has 0 saturated carbocycles. The summed E-state index contributed by atoms with van der Waals surface area (Å²) < 4.78 is 1.14. The maximum Gasteiger partial charge on any atom is 0.0181 e. The van der Waals surface area contributed by atoms with Gasteiger partial charge in [0, 0.05) is 4.47 Å². The van der Waals surface area contributed by atoms with Crippen molar-refractivity contribution in [1.82, 2.24) is 0 Å². The molecule has 0 aromatic heterocycles. The van der Waals surface area contributed by atoms with Crippen LogP contribution in [0.1, 0.15) is 24.0 Å². The van der Waals surface area contributed by atoms with Crippen LogP contribution in [0.25, 0.3) is 32.3 Å². The fourth-order valence-corrected chi connectivity index (χ4v) is 4.57. The van der Waals surface area contributed by atoms with E-state index in [0.29, 0.717) is 0 Å². The molecule has 0 heterocycles. The molecule has 1 aliphatic carbocycles. The van der Waals surface area contributed by atoms with Gasteiger partial charge in [0.15, 0.2) is 0 Å². The summed E-state index contributed by atoms with van der Waals surface area (Å²) in [4.78, 5) is 0. The minimum atomic E-state index is 1.14. The Kier molecular flexibility index (Phi) is 2.99. The van der Waals surface area contributed by atoms with Crippen LogP contribution in [0.2, 0.25) is 0 Å². The van der Waals surface area contributed by atoms with E-state index in [2.05, 4.69) is 70.5 Å². The maximum absolute atomic E-state index is 3.58. The molecule has 0 atom stereocenters. The molecule has 112 valence electrons. The molecule has 0 aliphatic heterocycles. The Morgan fingerprint density at radius 3 is 2.22 bits per heavy atom. The van der Waals surface area contributed by atoms with Crippen molar-refractivity contribution in [2.24, 2.45) is 0 Å². The Hall–Kier alpha value is -1.86. The van der Waals surface area contributed by atoms with Gasteiger partial charge in [0.2, 0.25) is 0 Å². The molecule has 0 nitrogen and oxygen atoms in total. The van der Waals surface area contributed by atoms with Crippen molar-refractivity contribution in [2.45, 2.75) is 25.7 Å². The predicted octanol–water partition coefficient (Wildman–Crippen LogP) is 6.79. The first kappa shape index (κ1) is 13.6. The summed E-state index contributed by atoms with van der Waals surface area (Å²) in [6.07, 6.45) is 5.15. The summed E-state index contributed by atoms with van der Waals surface area (Å²) in [7, 11) is 0. The second kappa shape index (κ2) is 5.07. The van der Waals surface area contributed by atoms with E-state index in [4.69, 9.17) is 0 Å². The number of benzene rings is 4. The zero-order chi connectivity index (χ0) is 15.4. The molecule has 1 heteroatoms. The summed E-state index contributed by atoms with van der Waals surface area (Å²) in [6, 6.07) is 20.5. The smallest absolute Gasteiger partial charge is 0.0181 e. The van der Waals surface area contributed by atoms with Gasteiger partial charge in [0.05, 0.1) is 0 Å². The molecule has 0 fully saturated rings. The largest absolute Gasteiger partial charge is 0.0581 e. The second-order valence-corrected chi connectivity index (χ2v) is 7.51. The van der Waals surface area contributed by atoms with Crippen molar-refractivity contribution in [3.8, 4) is 0 Å². The van der Waals surface area contributed by atoms with Crippen LogP contribution in [0.4, 0.5) is 0 Å². The molecular weight excluding hydrogens is 344 g/mol. The average molecular weight is 361 g/mol. The highest BCUT2D eigenvalue weighted by Crippen LogP contribution is 2.36. The highest BCUT2D eigenvalue weighted by molar-refractivity contribution is 9.10. The van der Waals surface area contributed by atoms with Gasteiger partial charge >= 0.3 is 0 Å². The van der Waals surface area contributed by atoms with Crippen molar-refractivity contribution in [3.05, 3.63) is 70.2 Å². The summed E-state index contributed by atoms with van der Waals surface area (Å²) in [5, 5.41) is 8.25. The Balaban J connectivity index is 1.91. The lowest BCUT2D eigenvalue weighted by atomic mass is 9.86. The zero-order valence-electron chi connectivity index (χ0n) is 12.9. The number of hydrogen-bond donors (Lipinski definition) is 0. The Morgan fingerprint density at radius 1 is 0.609 bits per heavy atom. The first-order valence-electron chi connectivity index (χ1n) is 8.37. The third kappa shape index (κ3) is 2.03. The molecule has 0 N–H and O–H groups in total. The van der Waals surface area contributed by atoms with Gasteiger partial charge in [-0.2, -0.15) is 0 Å². The molecule has 0 saturated heterocycles. The van der Waals surface area contributed by atoms with Crippen molar-refractivity contribution < 1.29 is 0 Å². The van der Waals surface area contributed by atoms with E-state index >= 15 is 0 Å². The molecule has 0 bridgehead atoms. The molecule has 0 unspecified atom stereocenters. The summed E-state index contributed by atoms with van der Waals surface area (Å²) >= 11 is 3.58. The van der Waals surface area contributed by atoms with Crippen molar-refractivity contribution in [1.29, 1.82) is 0 Å². The molecule has 0 spiro atoms. The topological polar surface area (TPSA) is 0 Å². The van der Waals surface area contributed by atoms with Crippen molar-refractivity contribution in [3.63, 3.8) is 0 Å². The van der Waals surface area contributed by atoms with Crippen LogP contribution in [0.3, 0.4) is 0 Å². The first-order valence-corrected chi connectivity index (χ1v) is 9.16. The Morgan fingerprint density at radius 2 is 1.26 bits per heavy atom. The van der Waals surface area contributed by atoms with Crippen LogP contribution >= 0.6 is 15.9 Å². The molecule has 23 heavy (non-hydrogen) atoms. The standard InChI is InChI=1S/C22H17Br/c23-16-7-10-18-15(13-16)6-9-22-20(18)12-11-19-17-4-2-1-3-14(17)5-8-21(19)22/h5-13H,1-4H2. The van der Waals surface area contributed by atoms with E-state index in [-0.39, 0.29) is 0 Å². The van der Waals surface area contributed by atoms with Crippen LogP contribution in [0, 0.1) is 0 Å². The number of hydrogen-bond acceptors (Lipinski definition) is 0. The number of halogens is 1. The van der Waals surface area contributed by atoms with Gasteiger partial charge in [-0.1, -0.05) is 58.4 Å². The highest BCUT2D eigenvalue weighted by Gasteiger charge is 2.14. The maximum atomic E-state index is 3.58. The summed E-state index contributed by atoms with van der Waals surface area (Å²) in [5.41, 5.74) is 3.15. The summed E-state index contributed by atoms with van der Waals surface area (Å²) in [6.45, 7) is 0. The van der Waals surface area contributed by atoms with Crippen LogP contribution in [0.15, 0.2) is 59.1 Å². The van der Waals surface area contributed by atoms with Crippen LogP contribution in [-0.2, 0) is 12.8 Å². The minimum Gasteiger partial charge on any atom is -0.0581 e. The molecule has 5 rings (SSSR count). The van der Waals surface area contributed by atoms with Crippen LogP contribution in [0.5, 0.6) is 0 Å². The van der Waals surface area contributed by atoms with E-state index < -0.39 is 0 Å². The molecule has 0 radical (unpaired) electrons. The van der Waals surface area contributed by atoms with Gasteiger partial charge in [-0.3, -0.25) is 0 Å². The molecule has 4 aromatic carbocycles. The van der Waals surface area contributed by atoms with Crippen LogP contribution < -0.4 is 0 Å². The van der Waals surface area contributed by atoms with Gasteiger partial charge in [0.1, 0.15) is 0 Å². The van der Waals surface area contributed by atoms with Crippen molar-refractivity contribution >= 4 is 48.2 Å². The normalized spacial score (nSPS) is 14.5. The monoisotopic (exact) mass is 360 g/mol. The molecule has 0 amide bonds. The number of fused-ring (bicyclic) bond motifs is 7. The van der Waals surface area contributed by atoms with E-state index in [1.165, 1.54) is 58.0 Å². The number of rotatable bonds is 0. The quantitative estimate of drug-likeness (QED) is 0.303. The average Bonchev–Trinajstić information content (AvgIpc) is 2.60. The lowest BCUT2D eigenvalue weighted by Crippen LogP contribution is -2.03. The lowest BCUT2D eigenvalue weighted by Gasteiger charge is -2.19. The highest BCUT2D eigenvalue weighted by atomic mass is 79.9. The zero-order valence-corrected chi connectivity index (χ0v) is 14.5.